The second-order valence-corrected chi connectivity index (χ2v) is 36.2. The van der Waals surface area contributed by atoms with Crippen LogP contribution in [0.2, 0.25) is 0 Å². The monoisotopic (exact) mass is 1670 g/mol. The van der Waals surface area contributed by atoms with Gasteiger partial charge in [0, 0.05) is 134 Å². The molecule has 8 bridgehead atoms. The fraction of sp³-hybridized carbons (Fsp3) is 0.418. The first-order valence-electron chi connectivity index (χ1n) is 39.6. The fourth-order valence-corrected chi connectivity index (χ4v) is 20.5. The third-order valence-electron chi connectivity index (χ3n) is 24.1. The van der Waals surface area contributed by atoms with Gasteiger partial charge in [-0.15, -0.1) is 27.8 Å². The minimum atomic E-state index is -4.39. The van der Waals surface area contributed by atoms with Gasteiger partial charge in [0.2, 0.25) is 5.69 Å². The molecular formula is C91H101InN7NaO9S3. The molecule has 4 aliphatic heterocycles. The van der Waals surface area contributed by atoms with Gasteiger partial charge in [0.25, 0.3) is 0 Å². The van der Waals surface area contributed by atoms with Crippen LogP contribution in [0.4, 0.5) is 17.1 Å². The Hall–Kier alpha value is -6.69. The molecule has 576 valence electrons. The van der Waals surface area contributed by atoms with E-state index in [9.17, 15) is 35.5 Å². The summed E-state index contributed by atoms with van der Waals surface area (Å²) in [5.74, 6) is -1.19. The number of aromatic nitrogens is 4. The predicted molar refractivity (Wildman–Crippen MR) is 448 cm³/mol. The third-order valence-corrected chi connectivity index (χ3v) is 26.9. The number of unbranched alkanes of at least 4 members (excludes halogenated alkanes) is 5. The second kappa shape index (κ2) is 35.0. The summed E-state index contributed by atoms with van der Waals surface area (Å²) in [4.78, 5) is 54.7. The molecule has 16 nitrogen and oxygen atoms in total. The molecule has 14 rings (SSSR count). The van der Waals surface area contributed by atoms with E-state index in [4.69, 9.17) is 30.0 Å². The summed E-state index contributed by atoms with van der Waals surface area (Å²) in [5.41, 5.74) is 19.5. The van der Waals surface area contributed by atoms with Crippen LogP contribution in [0.3, 0.4) is 0 Å². The number of hydrogen-bond acceptors (Lipinski definition) is 13. The number of allylic oxidation sites excluding steroid dienone is 7. The predicted octanol–water partition coefficient (Wildman–Crippen LogP) is 17.1. The maximum absolute atomic E-state index is 14.5. The first-order valence-corrected chi connectivity index (χ1v) is 43.6. The van der Waals surface area contributed by atoms with Gasteiger partial charge in [-0.3, -0.25) is 14.8 Å². The van der Waals surface area contributed by atoms with Crippen molar-refractivity contribution in [2.45, 2.75) is 218 Å². The minimum Gasteiger partial charge on any atom is -0.748 e. The number of ether oxygens (including phenoxy) is 1. The number of nitrogens with zero attached hydrogens (tertiary/aromatic N) is 7. The maximum Gasteiger partial charge on any atom is 3.00 e. The topological polar surface area (TPSA) is 232 Å². The normalized spacial score (nSPS) is 19.5. The molecule has 6 aliphatic rings. The Morgan fingerprint density at radius 2 is 1.38 bits per heavy atom. The molecule has 21 heteroatoms. The van der Waals surface area contributed by atoms with Gasteiger partial charge in [0.05, 0.1) is 37.7 Å². The quantitative estimate of drug-likeness (QED) is 0.0202. The van der Waals surface area contributed by atoms with Crippen molar-refractivity contribution < 1.29 is 74.4 Å². The number of Topliss-reactive ketones (excluding diaryl/α,β-unsaturated/α-hetero) is 1. The van der Waals surface area contributed by atoms with E-state index >= 15 is 0 Å². The number of aryl methyl sites for hydroxylation is 2. The molecule has 7 heterocycles. The average molecular weight is 1670 g/mol. The van der Waals surface area contributed by atoms with E-state index in [1.807, 2.05) is 43.3 Å². The molecule has 5 atom stereocenters. The van der Waals surface area contributed by atoms with Gasteiger partial charge < -0.3 is 38.8 Å². The average Bonchev–Trinajstić information content (AvgIpc) is 1.58. The van der Waals surface area contributed by atoms with Gasteiger partial charge >= 0.3 is 55.4 Å². The Morgan fingerprint density at radius 1 is 0.732 bits per heavy atom. The Morgan fingerprint density at radius 3 is 2.09 bits per heavy atom. The van der Waals surface area contributed by atoms with E-state index in [0.29, 0.717) is 55.7 Å². The molecule has 0 N–H and O–H groups in total. The van der Waals surface area contributed by atoms with Gasteiger partial charge in [-0.25, -0.2) is 16.8 Å². The molecule has 1 amide bonds. The summed E-state index contributed by atoms with van der Waals surface area (Å²) in [7, 11) is -8.79. The first kappa shape index (κ1) is 84.7. The van der Waals surface area contributed by atoms with E-state index < -0.39 is 42.6 Å². The van der Waals surface area contributed by atoms with Crippen molar-refractivity contribution in [2.75, 3.05) is 36.1 Å². The van der Waals surface area contributed by atoms with Gasteiger partial charge in [0.15, 0.2) is 11.5 Å². The smallest absolute Gasteiger partial charge is 0.748 e. The van der Waals surface area contributed by atoms with Gasteiger partial charge in [-0.05, 0) is 179 Å². The van der Waals surface area contributed by atoms with Crippen molar-refractivity contribution in [1.82, 2.24) is 19.9 Å². The molecule has 3 aromatic heterocycles. The molecule has 5 unspecified atom stereocenters. The van der Waals surface area contributed by atoms with Gasteiger partial charge in [0.1, 0.15) is 6.54 Å². The van der Waals surface area contributed by atoms with Crippen LogP contribution in [0.25, 0.3) is 48.9 Å². The van der Waals surface area contributed by atoms with Crippen molar-refractivity contribution in [3.05, 3.63) is 228 Å². The Bertz CT molecular complexity index is 5580. The molecule has 0 fully saturated rings. The number of amides is 1. The first-order chi connectivity index (χ1) is 52.6. The molecule has 8 aromatic rings. The zero-order valence-corrected chi connectivity index (χ0v) is 74.7. The summed E-state index contributed by atoms with van der Waals surface area (Å²) in [6, 6.07) is 39.6. The maximum atomic E-state index is 14.5. The van der Waals surface area contributed by atoms with E-state index in [0.717, 1.165) is 172 Å². The SMILES string of the molecule is CCCCCCOC(C)c1c(C)c2cc3nc(c4c5[n-]c(cc6nc(cc1[n-]2)C(C)C6CC)c(C)c5C(=O)C4)C(CCC(=O)[N-]c1ccc(SC2=C(/C=C/C4=[N+](CCCCS(=O)(=O)[O-])c5ccc6ccccc6c5C4(C)C)CCC/C2=C\C=C2\N(CCCCS(=O)(=O)[O-])c4ccc5ccccc5c4C2(C)C)cc1)C3C.[In+3].[Na+]. The van der Waals surface area contributed by atoms with Gasteiger partial charge in [-0.2, -0.15) is 4.58 Å². The van der Waals surface area contributed by atoms with E-state index in [-0.39, 0.29) is 123 Å². The third kappa shape index (κ3) is 17.4. The van der Waals surface area contributed by atoms with Crippen LogP contribution in [0.5, 0.6) is 0 Å². The number of anilines is 1. The molecule has 0 spiro atoms. The van der Waals surface area contributed by atoms with Crippen molar-refractivity contribution in [3.8, 4) is 0 Å². The number of ketones is 1. The zero-order valence-electron chi connectivity index (χ0n) is 66.9. The summed E-state index contributed by atoms with van der Waals surface area (Å²) in [5, 5.41) is 9.30. The van der Waals surface area contributed by atoms with Crippen molar-refractivity contribution >= 4 is 136 Å². The van der Waals surface area contributed by atoms with Crippen LogP contribution in [-0.2, 0) is 47.0 Å². The fourth-order valence-electron chi connectivity index (χ4n) is 18.3. The van der Waals surface area contributed by atoms with E-state index in [1.54, 1.807) is 11.8 Å². The van der Waals surface area contributed by atoms with E-state index in [2.05, 4.69) is 182 Å². The van der Waals surface area contributed by atoms with Crippen LogP contribution in [0, 0.1) is 13.8 Å². The Kier molecular flexibility index (Phi) is 26.5. The minimum absolute atomic E-state index is 0. The summed E-state index contributed by atoms with van der Waals surface area (Å²) in [6.07, 6.45) is 18.8. The molecule has 0 saturated heterocycles. The zero-order chi connectivity index (χ0) is 77.7. The van der Waals surface area contributed by atoms with Crippen LogP contribution in [0.15, 0.2) is 166 Å². The summed E-state index contributed by atoms with van der Waals surface area (Å²) in [6.45, 7) is 25.7. The second-order valence-electron chi connectivity index (χ2n) is 32.1. The van der Waals surface area contributed by atoms with Crippen LogP contribution in [-0.4, -0.2) is 115 Å². The van der Waals surface area contributed by atoms with Crippen LogP contribution in [0.1, 0.15) is 248 Å². The van der Waals surface area contributed by atoms with Crippen LogP contribution >= 0.6 is 11.8 Å². The number of fused-ring (bicyclic) bond motifs is 14. The molecule has 5 aromatic carbocycles. The number of thioether (sulfide) groups is 1. The number of hydrogen-bond donors (Lipinski definition) is 0. The molecule has 112 heavy (non-hydrogen) atoms. The van der Waals surface area contributed by atoms with Crippen molar-refractivity contribution in [2.24, 2.45) is 0 Å². The summed E-state index contributed by atoms with van der Waals surface area (Å²) >= 11 is 1.67. The summed E-state index contributed by atoms with van der Waals surface area (Å²) < 4.78 is 80.1. The van der Waals surface area contributed by atoms with Crippen molar-refractivity contribution in [1.29, 1.82) is 0 Å². The number of rotatable bonds is 27. The van der Waals surface area contributed by atoms with Gasteiger partial charge in [-0.1, -0.05) is 181 Å². The van der Waals surface area contributed by atoms with E-state index in [1.165, 1.54) is 17.5 Å². The van der Waals surface area contributed by atoms with Crippen molar-refractivity contribution in [3.63, 3.8) is 0 Å². The van der Waals surface area contributed by atoms with Crippen LogP contribution < -0.4 is 44.4 Å². The largest absolute Gasteiger partial charge is 3.00 e. The Balaban J connectivity index is 0.00000582. The number of carbonyl (C=O) groups is 2. The molecular weight excluding hydrogens is 1570 g/mol. The molecule has 2 aliphatic carbocycles. The standard InChI is InChI=1S/C91H105N7O9S3.In.Na/c1-12-14-15-22-48-107-59(7)83-57(5)73-52-72-56(4)67(87(95-72)70-51-79(99)84-58(6)74(96-88(70)84)53-75-66(13-2)55(3)71(93-75)54-76(83)94-73)40-45-82(100)92-64-36-38-65(39-37-64)108-89-62(34-43-80-90(8,9)85-68-30-18-16-26-60(68)32-41-77(85)97(80)46-20-23-49-109(101,102)103)28-25-29-63(89)35-44-81-91(10,11)86-69-31-19-17-27-61(69)33-42-78(86)98(81)47-21-24-50-110(104,105)106;;/h16-19,26-27,30-39,41-44,52-56,59,66-67H,12-15,20-25,28-29,40,45-51H2,1-11H3,(H4-,92,93,94,95,96,99,100,101,102,103,104,105,106);;/q;+3;+1/p-4. The number of benzene rings is 5. The molecule has 0 saturated carbocycles. The number of carbonyl (C=O) groups excluding carboxylic acids is 2. The Labute approximate surface area is 706 Å². The molecule has 0 radical (unpaired) electrons.